The molecule has 0 atom stereocenters. The van der Waals surface area contributed by atoms with Gasteiger partial charge in [-0.15, -0.1) is 11.3 Å². The molecule has 2 aromatic heterocycles. The highest BCUT2D eigenvalue weighted by Crippen LogP contribution is 2.24. The summed E-state index contributed by atoms with van der Waals surface area (Å²) in [4.78, 5) is 24.7. The summed E-state index contributed by atoms with van der Waals surface area (Å²) in [5.74, 6) is -0.262. The van der Waals surface area contributed by atoms with Gasteiger partial charge in [0, 0.05) is 23.3 Å². The number of hydrogen-bond acceptors (Lipinski definition) is 6. The van der Waals surface area contributed by atoms with Crippen molar-refractivity contribution in [1.82, 2.24) is 15.0 Å². The number of thioether (sulfide) groups is 1. The van der Waals surface area contributed by atoms with E-state index in [2.05, 4.69) is 20.3 Å². The Morgan fingerprint density at radius 2 is 1.91 bits per heavy atom. The first-order valence-electron chi connectivity index (χ1n) is 6.44. The number of nitrogens with one attached hydrogen (secondary N) is 1. The molecule has 0 bridgehead atoms. The maximum atomic E-state index is 12.1. The second-order valence-electron chi connectivity index (χ2n) is 4.32. The lowest BCUT2D eigenvalue weighted by molar-refractivity contribution is 0.102. The summed E-state index contributed by atoms with van der Waals surface area (Å²) < 4.78 is 0. The van der Waals surface area contributed by atoms with Gasteiger partial charge in [0.25, 0.3) is 5.91 Å². The molecule has 3 rings (SSSR count). The lowest BCUT2D eigenvalue weighted by atomic mass is 10.2. The third-order valence-corrected chi connectivity index (χ3v) is 4.20. The highest BCUT2D eigenvalue weighted by atomic mass is 32.2. The van der Waals surface area contributed by atoms with Crippen LogP contribution in [0.15, 0.2) is 53.3 Å². The Hall–Kier alpha value is -2.25. The summed E-state index contributed by atoms with van der Waals surface area (Å²) in [5.41, 5.74) is 2.27. The van der Waals surface area contributed by atoms with Gasteiger partial charge in [-0.2, -0.15) is 0 Å². The molecule has 0 fully saturated rings. The molecule has 0 aliphatic heterocycles. The number of amides is 1. The highest BCUT2D eigenvalue weighted by Gasteiger charge is 2.11. The lowest BCUT2D eigenvalue weighted by Crippen LogP contribution is -2.12. The summed E-state index contributed by atoms with van der Waals surface area (Å²) >= 11 is 2.82. The van der Waals surface area contributed by atoms with Gasteiger partial charge >= 0.3 is 0 Å². The third-order valence-electron chi connectivity index (χ3n) is 2.87. The smallest absolute Gasteiger partial charge is 0.260 e. The fourth-order valence-corrected chi connectivity index (χ4v) is 2.81. The molecule has 0 aliphatic rings. The molecule has 0 aliphatic carbocycles. The van der Waals surface area contributed by atoms with Crippen LogP contribution in [0, 0.1) is 0 Å². The Kier molecular flexibility index (Phi) is 4.45. The van der Waals surface area contributed by atoms with Crippen LogP contribution in [-0.2, 0) is 0 Å². The molecule has 2 heterocycles. The average Bonchev–Trinajstić information content (AvgIpc) is 3.04. The van der Waals surface area contributed by atoms with E-state index in [-0.39, 0.29) is 5.91 Å². The van der Waals surface area contributed by atoms with Crippen molar-refractivity contribution in [3.63, 3.8) is 0 Å². The van der Waals surface area contributed by atoms with Gasteiger partial charge in [-0.25, -0.2) is 15.0 Å². The van der Waals surface area contributed by atoms with E-state index in [9.17, 15) is 4.79 Å². The normalized spacial score (nSPS) is 10.4. The number of nitrogens with zero attached hydrogens (tertiary/aromatic N) is 3. The first-order chi connectivity index (χ1) is 10.8. The number of anilines is 1. The van der Waals surface area contributed by atoms with Crippen molar-refractivity contribution in [1.29, 1.82) is 0 Å². The number of hydrogen-bond donors (Lipinski definition) is 1. The lowest BCUT2D eigenvalue weighted by Gasteiger charge is -2.01. The summed E-state index contributed by atoms with van der Waals surface area (Å²) in [6, 6.07) is 9.83. The zero-order valence-corrected chi connectivity index (χ0v) is 13.3. The monoisotopic (exact) mass is 328 g/mol. The number of carbonyl (C=O) groups is 1. The molecule has 0 saturated heterocycles. The maximum absolute atomic E-state index is 12.1. The maximum Gasteiger partial charge on any atom is 0.260 e. The first kappa shape index (κ1) is 14.7. The van der Waals surface area contributed by atoms with Crippen LogP contribution in [0.3, 0.4) is 0 Å². The molecule has 1 amide bonds. The SMILES string of the molecule is CSc1ncc(C(=O)Nc2nc(-c3ccccc3)cs2)cn1. The highest BCUT2D eigenvalue weighted by molar-refractivity contribution is 7.98. The van der Waals surface area contributed by atoms with Gasteiger partial charge in [0.15, 0.2) is 10.3 Å². The van der Waals surface area contributed by atoms with Crippen LogP contribution < -0.4 is 5.32 Å². The van der Waals surface area contributed by atoms with Gasteiger partial charge in [-0.05, 0) is 6.26 Å². The minimum Gasteiger partial charge on any atom is -0.298 e. The molecule has 1 N–H and O–H groups in total. The molecule has 5 nitrogen and oxygen atoms in total. The molecule has 0 radical (unpaired) electrons. The van der Waals surface area contributed by atoms with Gasteiger partial charge in [-0.1, -0.05) is 42.1 Å². The van der Waals surface area contributed by atoms with Crippen molar-refractivity contribution in [2.45, 2.75) is 5.16 Å². The molecule has 22 heavy (non-hydrogen) atoms. The molecule has 1 aromatic carbocycles. The minimum atomic E-state index is -0.262. The Morgan fingerprint density at radius 3 is 2.59 bits per heavy atom. The topological polar surface area (TPSA) is 67.8 Å². The van der Waals surface area contributed by atoms with Crippen molar-refractivity contribution < 1.29 is 4.79 Å². The van der Waals surface area contributed by atoms with E-state index < -0.39 is 0 Å². The van der Waals surface area contributed by atoms with Crippen molar-refractivity contribution >= 4 is 34.1 Å². The Balaban J connectivity index is 1.73. The van der Waals surface area contributed by atoms with Crippen LogP contribution in [0.2, 0.25) is 0 Å². The minimum absolute atomic E-state index is 0.262. The van der Waals surface area contributed by atoms with E-state index in [0.717, 1.165) is 11.3 Å². The van der Waals surface area contributed by atoms with Crippen LogP contribution in [-0.4, -0.2) is 27.1 Å². The number of carbonyl (C=O) groups excluding carboxylic acids is 1. The standard InChI is InChI=1S/C15H12N4OS2/c1-21-14-16-7-11(8-17-14)13(20)19-15-18-12(9-22-15)10-5-3-2-4-6-10/h2-9H,1H3,(H,18,19,20). The first-order valence-corrected chi connectivity index (χ1v) is 8.55. The van der Waals surface area contributed by atoms with E-state index >= 15 is 0 Å². The van der Waals surface area contributed by atoms with Gasteiger partial charge in [0.2, 0.25) is 0 Å². The molecule has 0 spiro atoms. The summed E-state index contributed by atoms with van der Waals surface area (Å²) in [6.45, 7) is 0. The Labute approximate surface area is 135 Å². The van der Waals surface area contributed by atoms with Gasteiger partial charge < -0.3 is 0 Å². The van der Waals surface area contributed by atoms with Crippen LogP contribution in [0.25, 0.3) is 11.3 Å². The molecule has 7 heteroatoms. The second kappa shape index (κ2) is 6.67. The number of rotatable bonds is 4. The van der Waals surface area contributed by atoms with Gasteiger partial charge in [-0.3, -0.25) is 10.1 Å². The van der Waals surface area contributed by atoms with Crippen LogP contribution in [0.4, 0.5) is 5.13 Å². The predicted molar refractivity (Wildman–Crippen MR) is 89.3 cm³/mol. The third kappa shape index (κ3) is 3.32. The van der Waals surface area contributed by atoms with Crippen LogP contribution >= 0.6 is 23.1 Å². The van der Waals surface area contributed by atoms with E-state index in [1.807, 2.05) is 42.0 Å². The van der Waals surface area contributed by atoms with E-state index in [1.165, 1.54) is 35.5 Å². The van der Waals surface area contributed by atoms with E-state index in [1.54, 1.807) is 0 Å². The van der Waals surface area contributed by atoms with Crippen molar-refractivity contribution in [3.05, 3.63) is 53.7 Å². The molecule has 3 aromatic rings. The summed E-state index contributed by atoms with van der Waals surface area (Å²) in [6.07, 6.45) is 4.91. The fraction of sp³-hybridized carbons (Fsp3) is 0.0667. The summed E-state index contributed by atoms with van der Waals surface area (Å²) in [7, 11) is 0. The van der Waals surface area contributed by atoms with Crippen LogP contribution in [0.5, 0.6) is 0 Å². The van der Waals surface area contributed by atoms with E-state index in [4.69, 9.17) is 0 Å². The molecular formula is C15H12N4OS2. The number of benzene rings is 1. The van der Waals surface area contributed by atoms with Gasteiger partial charge in [0.1, 0.15) is 0 Å². The fourth-order valence-electron chi connectivity index (χ4n) is 1.78. The van der Waals surface area contributed by atoms with E-state index in [0.29, 0.717) is 15.9 Å². The number of thiazole rings is 1. The Bertz CT molecular complexity index is 772. The van der Waals surface area contributed by atoms with Crippen molar-refractivity contribution in [2.24, 2.45) is 0 Å². The molecule has 110 valence electrons. The average molecular weight is 328 g/mol. The Morgan fingerprint density at radius 1 is 1.18 bits per heavy atom. The molecule has 0 saturated carbocycles. The summed E-state index contributed by atoms with van der Waals surface area (Å²) in [5, 5.41) is 5.87. The van der Waals surface area contributed by atoms with Gasteiger partial charge in [0.05, 0.1) is 11.3 Å². The zero-order chi connectivity index (χ0) is 15.4. The number of aromatic nitrogens is 3. The predicted octanol–water partition coefficient (Wildman–Crippen LogP) is 3.57. The van der Waals surface area contributed by atoms with Crippen LogP contribution in [0.1, 0.15) is 10.4 Å². The zero-order valence-electron chi connectivity index (χ0n) is 11.7. The van der Waals surface area contributed by atoms with Crippen molar-refractivity contribution in [2.75, 3.05) is 11.6 Å². The molecule has 0 unspecified atom stereocenters. The largest absolute Gasteiger partial charge is 0.298 e. The quantitative estimate of drug-likeness (QED) is 0.586. The van der Waals surface area contributed by atoms with Crippen molar-refractivity contribution in [3.8, 4) is 11.3 Å². The second-order valence-corrected chi connectivity index (χ2v) is 5.95. The molecular weight excluding hydrogens is 316 g/mol.